The van der Waals surface area contributed by atoms with Crippen molar-refractivity contribution in [2.45, 2.75) is 0 Å². The van der Waals surface area contributed by atoms with Crippen molar-refractivity contribution in [3.05, 3.63) is 163 Å². The van der Waals surface area contributed by atoms with Gasteiger partial charge in [-0.25, -0.2) is 4.98 Å². The van der Waals surface area contributed by atoms with Gasteiger partial charge in [0.2, 0.25) is 5.95 Å². The van der Waals surface area contributed by atoms with Crippen molar-refractivity contribution in [2.75, 3.05) is 11.9 Å². The summed E-state index contributed by atoms with van der Waals surface area (Å²) in [6.45, 7) is 0.766. The van der Waals surface area contributed by atoms with E-state index in [1.165, 1.54) is 11.1 Å². The molecule has 1 aliphatic rings. The molecule has 0 saturated carbocycles. The molecule has 0 atom stereocenters. The highest BCUT2D eigenvalue weighted by atomic mass is 15.2. The molecule has 3 aromatic heterocycles. The smallest absolute Gasteiger partial charge is 0.238 e. The summed E-state index contributed by atoms with van der Waals surface area (Å²) in [7, 11) is 0. The lowest BCUT2D eigenvalue weighted by molar-refractivity contribution is 0.953. The Kier molecular flexibility index (Phi) is 6.45. The van der Waals surface area contributed by atoms with E-state index in [0.29, 0.717) is 17.6 Å². The Bertz CT molecular complexity index is 2730. The van der Waals surface area contributed by atoms with Crippen LogP contribution in [0.15, 0.2) is 158 Å². The number of fused-ring (bicyclic) bond motifs is 7. The Morgan fingerprint density at radius 2 is 1.02 bits per heavy atom. The Labute approximate surface area is 288 Å². The van der Waals surface area contributed by atoms with Crippen LogP contribution in [-0.4, -0.2) is 30.6 Å². The van der Waals surface area contributed by atoms with Crippen LogP contribution in [0.5, 0.6) is 0 Å². The van der Waals surface area contributed by atoms with Gasteiger partial charge >= 0.3 is 0 Å². The molecule has 0 fully saturated rings. The Morgan fingerprint density at radius 3 is 1.76 bits per heavy atom. The van der Waals surface area contributed by atoms with Crippen molar-refractivity contribution in [3.63, 3.8) is 0 Å². The Morgan fingerprint density at radius 1 is 0.460 bits per heavy atom. The van der Waals surface area contributed by atoms with Gasteiger partial charge in [0.05, 0.1) is 16.6 Å². The number of nitrogens with one attached hydrogen (secondary N) is 1. The van der Waals surface area contributed by atoms with Crippen LogP contribution in [0.4, 0.5) is 5.82 Å². The van der Waals surface area contributed by atoms with Crippen molar-refractivity contribution >= 4 is 44.6 Å². The highest BCUT2D eigenvalue weighted by molar-refractivity contribution is 6.20. The third-order valence-corrected chi connectivity index (χ3v) is 9.59. The molecule has 1 aliphatic heterocycles. The van der Waals surface area contributed by atoms with Crippen LogP contribution in [0.25, 0.3) is 84.3 Å². The van der Waals surface area contributed by atoms with Crippen molar-refractivity contribution in [1.29, 1.82) is 0 Å². The number of benzene rings is 6. The number of para-hydroxylation sites is 2. The fraction of sp³-hybridized carbons (Fsp3) is 0.0227. The first-order valence-electron chi connectivity index (χ1n) is 16.9. The second-order valence-electron chi connectivity index (χ2n) is 12.5. The fourth-order valence-electron chi connectivity index (χ4n) is 7.31. The van der Waals surface area contributed by atoms with E-state index in [1.54, 1.807) is 0 Å². The maximum atomic E-state index is 5.27. The van der Waals surface area contributed by atoms with Gasteiger partial charge in [-0.1, -0.05) is 146 Å². The zero-order valence-electron chi connectivity index (χ0n) is 27.0. The summed E-state index contributed by atoms with van der Waals surface area (Å²) >= 11 is 0. The predicted molar refractivity (Wildman–Crippen MR) is 205 cm³/mol. The van der Waals surface area contributed by atoms with Gasteiger partial charge in [0.15, 0.2) is 11.6 Å². The molecule has 6 aromatic carbocycles. The molecule has 6 nitrogen and oxygen atoms in total. The summed E-state index contributed by atoms with van der Waals surface area (Å²) in [4.78, 5) is 15.6. The molecule has 0 bridgehead atoms. The molecule has 0 radical (unpaired) electrons. The van der Waals surface area contributed by atoms with Crippen molar-refractivity contribution in [3.8, 4) is 45.5 Å². The molecule has 0 amide bonds. The first-order chi connectivity index (χ1) is 24.8. The van der Waals surface area contributed by atoms with Crippen LogP contribution in [0.3, 0.4) is 0 Å². The van der Waals surface area contributed by atoms with E-state index in [-0.39, 0.29) is 0 Å². The zero-order valence-corrected chi connectivity index (χ0v) is 27.0. The molecule has 0 saturated heterocycles. The SMILES string of the molecule is C1=Cc2c(n(-c3ccccc3)c3c2ccc2c4ccccc4n(-c4nc(-c5ccccc5)nc(-c5ccc(-c6ccccc6)cc5)n4)c23)NC1. The van der Waals surface area contributed by atoms with E-state index < -0.39 is 0 Å². The number of hydrogen-bond donors (Lipinski definition) is 1. The fourth-order valence-corrected chi connectivity index (χ4v) is 7.31. The number of nitrogens with zero attached hydrogens (tertiary/aromatic N) is 5. The minimum Gasteiger partial charge on any atom is -0.367 e. The van der Waals surface area contributed by atoms with Gasteiger partial charge in [0, 0.05) is 45.1 Å². The molecule has 0 spiro atoms. The first-order valence-corrected chi connectivity index (χ1v) is 16.9. The number of rotatable bonds is 5. The minimum absolute atomic E-state index is 0.571. The average molecular weight is 643 g/mol. The number of anilines is 1. The molecule has 10 rings (SSSR count). The molecular weight excluding hydrogens is 613 g/mol. The van der Waals surface area contributed by atoms with Crippen LogP contribution in [0.2, 0.25) is 0 Å². The summed E-state index contributed by atoms with van der Waals surface area (Å²) in [5.74, 6) is 2.90. The molecule has 0 aliphatic carbocycles. The molecule has 9 aromatic rings. The highest BCUT2D eigenvalue weighted by Crippen LogP contribution is 2.43. The van der Waals surface area contributed by atoms with Gasteiger partial charge in [-0.15, -0.1) is 0 Å². The number of hydrogen-bond acceptors (Lipinski definition) is 4. The maximum absolute atomic E-state index is 5.27. The normalized spacial score (nSPS) is 12.4. The van der Waals surface area contributed by atoms with Crippen LogP contribution in [0.1, 0.15) is 5.56 Å². The summed E-state index contributed by atoms with van der Waals surface area (Å²) in [6.07, 6.45) is 4.42. The Balaban J connectivity index is 1.29. The van der Waals surface area contributed by atoms with E-state index in [4.69, 9.17) is 15.0 Å². The summed E-state index contributed by atoms with van der Waals surface area (Å²) < 4.78 is 4.59. The monoisotopic (exact) mass is 642 g/mol. The molecule has 236 valence electrons. The Hall–Kier alpha value is -6.79. The van der Waals surface area contributed by atoms with Gasteiger partial charge in [-0.05, 0) is 29.3 Å². The molecule has 50 heavy (non-hydrogen) atoms. The summed E-state index contributed by atoms with van der Waals surface area (Å²) in [6, 6.07) is 52.7. The van der Waals surface area contributed by atoms with Crippen molar-refractivity contribution in [2.24, 2.45) is 0 Å². The maximum Gasteiger partial charge on any atom is 0.238 e. The highest BCUT2D eigenvalue weighted by Gasteiger charge is 2.25. The van der Waals surface area contributed by atoms with Crippen LogP contribution >= 0.6 is 0 Å². The van der Waals surface area contributed by atoms with Crippen molar-refractivity contribution in [1.82, 2.24) is 24.1 Å². The van der Waals surface area contributed by atoms with Gasteiger partial charge in [0.1, 0.15) is 5.82 Å². The van der Waals surface area contributed by atoms with Gasteiger partial charge in [0.25, 0.3) is 0 Å². The minimum atomic E-state index is 0.571. The van der Waals surface area contributed by atoms with E-state index in [9.17, 15) is 0 Å². The molecule has 4 heterocycles. The zero-order chi connectivity index (χ0) is 33.0. The topological polar surface area (TPSA) is 60.6 Å². The number of aromatic nitrogens is 5. The molecule has 1 N–H and O–H groups in total. The first kappa shape index (κ1) is 28.2. The van der Waals surface area contributed by atoms with Gasteiger partial charge < -0.3 is 5.32 Å². The third kappa shape index (κ3) is 4.46. The third-order valence-electron chi connectivity index (χ3n) is 9.59. The van der Waals surface area contributed by atoms with E-state index in [0.717, 1.165) is 67.4 Å². The van der Waals surface area contributed by atoms with E-state index >= 15 is 0 Å². The second kappa shape index (κ2) is 11.4. The predicted octanol–water partition coefficient (Wildman–Crippen LogP) is 10.4. The largest absolute Gasteiger partial charge is 0.367 e. The van der Waals surface area contributed by atoms with Crippen LogP contribution in [0, 0.1) is 0 Å². The summed E-state index contributed by atoms with van der Waals surface area (Å²) in [5.41, 5.74) is 9.62. The van der Waals surface area contributed by atoms with E-state index in [2.05, 4.69) is 154 Å². The van der Waals surface area contributed by atoms with Gasteiger partial charge in [-0.3, -0.25) is 9.13 Å². The lowest BCUT2D eigenvalue weighted by Crippen LogP contribution is -2.09. The van der Waals surface area contributed by atoms with Crippen LogP contribution in [-0.2, 0) is 0 Å². The second-order valence-corrected chi connectivity index (χ2v) is 12.5. The van der Waals surface area contributed by atoms with Crippen LogP contribution < -0.4 is 5.32 Å². The summed E-state index contributed by atoms with van der Waals surface area (Å²) in [5, 5.41) is 7.12. The lowest BCUT2D eigenvalue weighted by atomic mass is 10.0. The standard InChI is InChI=1S/C44H30N6/c1-4-13-29(14-5-1)30-22-24-32(25-23-30)42-46-41(31-15-6-2-7-16-31)47-44(48-42)50-38-21-11-10-19-34(38)35-26-27-36-37-20-12-28-45-43(37)49(39(36)40(35)50)33-17-8-3-9-18-33/h1-27,45H,28H2. The quantitative estimate of drug-likeness (QED) is 0.203. The van der Waals surface area contributed by atoms with Gasteiger partial charge in [-0.2, -0.15) is 9.97 Å². The molecular formula is C44H30N6. The molecule has 6 heteroatoms. The van der Waals surface area contributed by atoms with Crippen molar-refractivity contribution < 1.29 is 0 Å². The average Bonchev–Trinajstić information content (AvgIpc) is 3.72. The van der Waals surface area contributed by atoms with E-state index in [1.807, 2.05) is 24.3 Å². The lowest BCUT2D eigenvalue weighted by Gasteiger charge is -2.16. The molecule has 0 unspecified atom stereocenters.